The number of aromatic nitrogens is 2. The number of aliphatic imine (C=N–C) groups is 1. The standard InChI is InChI=1S/C17H21N5OS/c1-3-18-16(19-10-13-6-4-5-7-15(13)23-2)20-11-14-12-22-8-9-24-17(22)21-14/h4-9,12H,3,10-11H2,1-2H3,(H2,18,19,20). The third kappa shape index (κ3) is 3.86. The van der Waals surface area contributed by atoms with Crippen LogP contribution in [0.25, 0.3) is 4.96 Å². The second-order valence-corrected chi connectivity index (χ2v) is 6.06. The predicted octanol–water partition coefficient (Wildman–Crippen LogP) is 2.66. The fourth-order valence-corrected chi connectivity index (χ4v) is 3.09. The second kappa shape index (κ2) is 7.83. The molecule has 0 atom stereocenters. The first-order valence-corrected chi connectivity index (χ1v) is 8.73. The van der Waals surface area contributed by atoms with Crippen LogP contribution in [0.5, 0.6) is 5.75 Å². The summed E-state index contributed by atoms with van der Waals surface area (Å²) in [6.45, 7) is 4.03. The third-order valence-corrected chi connectivity index (χ3v) is 4.30. The van der Waals surface area contributed by atoms with Gasteiger partial charge in [-0.05, 0) is 13.0 Å². The van der Waals surface area contributed by atoms with Crippen molar-refractivity contribution in [3.63, 3.8) is 0 Å². The van der Waals surface area contributed by atoms with Crippen LogP contribution in [0.15, 0.2) is 47.0 Å². The Morgan fingerprint density at radius 2 is 2.21 bits per heavy atom. The first-order chi connectivity index (χ1) is 11.8. The summed E-state index contributed by atoms with van der Waals surface area (Å²) in [5.74, 6) is 1.62. The van der Waals surface area contributed by atoms with Gasteiger partial charge in [0.15, 0.2) is 10.9 Å². The number of methoxy groups -OCH3 is 1. The Labute approximate surface area is 145 Å². The highest BCUT2D eigenvalue weighted by Crippen LogP contribution is 2.18. The molecule has 0 aliphatic carbocycles. The number of nitrogens with zero attached hydrogens (tertiary/aromatic N) is 3. The monoisotopic (exact) mass is 343 g/mol. The van der Waals surface area contributed by atoms with Gasteiger partial charge in [0, 0.05) is 29.9 Å². The number of nitrogens with one attached hydrogen (secondary N) is 2. The number of hydrogen-bond donors (Lipinski definition) is 2. The average Bonchev–Trinajstić information content (AvgIpc) is 3.19. The van der Waals surface area contributed by atoms with Gasteiger partial charge >= 0.3 is 0 Å². The number of rotatable bonds is 6. The molecule has 7 heteroatoms. The van der Waals surface area contributed by atoms with Crippen LogP contribution in [0.4, 0.5) is 0 Å². The minimum Gasteiger partial charge on any atom is -0.496 e. The lowest BCUT2D eigenvalue weighted by atomic mass is 10.2. The molecule has 0 fully saturated rings. The van der Waals surface area contributed by atoms with E-state index in [1.54, 1.807) is 18.4 Å². The van der Waals surface area contributed by atoms with E-state index in [0.717, 1.165) is 34.5 Å². The minimum absolute atomic E-state index is 0.553. The minimum atomic E-state index is 0.553. The van der Waals surface area contributed by atoms with E-state index in [2.05, 4.69) is 20.6 Å². The quantitative estimate of drug-likeness (QED) is 0.533. The molecule has 0 aliphatic heterocycles. The lowest BCUT2D eigenvalue weighted by Crippen LogP contribution is -2.36. The topological polar surface area (TPSA) is 63.0 Å². The van der Waals surface area contributed by atoms with Crippen LogP contribution < -0.4 is 15.4 Å². The molecular formula is C17H21N5OS. The molecule has 0 amide bonds. The molecule has 1 aromatic carbocycles. The SMILES string of the molecule is CCNC(=NCc1ccccc1OC)NCc1cn2ccsc2n1. The van der Waals surface area contributed by atoms with E-state index in [4.69, 9.17) is 4.74 Å². The van der Waals surface area contributed by atoms with E-state index >= 15 is 0 Å². The molecule has 6 nitrogen and oxygen atoms in total. The summed E-state index contributed by atoms with van der Waals surface area (Å²) < 4.78 is 7.40. The van der Waals surface area contributed by atoms with Gasteiger partial charge in [-0.1, -0.05) is 18.2 Å². The number of para-hydroxylation sites is 1. The molecule has 0 saturated heterocycles. The van der Waals surface area contributed by atoms with Crippen molar-refractivity contribution in [1.29, 1.82) is 0 Å². The fourth-order valence-electron chi connectivity index (χ4n) is 2.38. The van der Waals surface area contributed by atoms with Gasteiger partial charge in [-0.3, -0.25) is 4.40 Å². The Morgan fingerprint density at radius 1 is 1.33 bits per heavy atom. The van der Waals surface area contributed by atoms with Gasteiger partial charge < -0.3 is 15.4 Å². The van der Waals surface area contributed by atoms with E-state index in [1.165, 1.54) is 0 Å². The third-order valence-electron chi connectivity index (χ3n) is 3.52. The lowest BCUT2D eigenvalue weighted by Gasteiger charge is -2.11. The van der Waals surface area contributed by atoms with Crippen molar-refractivity contribution in [2.45, 2.75) is 20.0 Å². The van der Waals surface area contributed by atoms with Gasteiger partial charge in [0.1, 0.15) is 5.75 Å². The van der Waals surface area contributed by atoms with Crippen LogP contribution in [0.1, 0.15) is 18.2 Å². The number of benzene rings is 1. The maximum Gasteiger partial charge on any atom is 0.193 e. The van der Waals surface area contributed by atoms with Gasteiger partial charge in [-0.25, -0.2) is 9.98 Å². The molecule has 0 aliphatic rings. The number of hydrogen-bond acceptors (Lipinski definition) is 4. The Kier molecular flexibility index (Phi) is 5.32. The van der Waals surface area contributed by atoms with Gasteiger partial charge in [-0.2, -0.15) is 0 Å². The van der Waals surface area contributed by atoms with Gasteiger partial charge in [0.25, 0.3) is 0 Å². The summed E-state index contributed by atoms with van der Waals surface area (Å²) in [6.07, 6.45) is 4.04. The molecule has 126 valence electrons. The van der Waals surface area contributed by atoms with Crippen molar-refractivity contribution in [3.05, 3.63) is 53.3 Å². The summed E-state index contributed by atoms with van der Waals surface area (Å²) in [5, 5.41) is 8.60. The Bertz CT molecular complexity index is 795. The Hall–Kier alpha value is -2.54. The van der Waals surface area contributed by atoms with E-state index in [9.17, 15) is 0 Å². The number of guanidine groups is 1. The zero-order valence-corrected chi connectivity index (χ0v) is 14.6. The highest BCUT2D eigenvalue weighted by Gasteiger charge is 2.05. The fraction of sp³-hybridized carbons (Fsp3) is 0.294. The summed E-state index contributed by atoms with van der Waals surface area (Å²) in [6, 6.07) is 7.92. The number of fused-ring (bicyclic) bond motifs is 1. The van der Waals surface area contributed by atoms with Crippen molar-refractivity contribution < 1.29 is 4.74 Å². The molecule has 0 bridgehead atoms. The maximum atomic E-state index is 5.37. The zero-order chi connectivity index (χ0) is 16.8. The van der Waals surface area contributed by atoms with Crippen molar-refractivity contribution in [1.82, 2.24) is 20.0 Å². The van der Waals surface area contributed by atoms with Crippen molar-refractivity contribution >= 4 is 22.3 Å². The first-order valence-electron chi connectivity index (χ1n) is 7.85. The molecular weight excluding hydrogens is 322 g/mol. The van der Waals surface area contributed by atoms with Crippen molar-refractivity contribution in [2.24, 2.45) is 4.99 Å². The highest BCUT2D eigenvalue weighted by molar-refractivity contribution is 7.15. The maximum absolute atomic E-state index is 5.37. The van der Waals surface area contributed by atoms with E-state index in [0.29, 0.717) is 13.1 Å². The summed E-state index contributed by atoms with van der Waals surface area (Å²) in [4.78, 5) is 10.2. The molecule has 2 heterocycles. The summed E-state index contributed by atoms with van der Waals surface area (Å²) in [7, 11) is 1.68. The molecule has 2 aromatic heterocycles. The molecule has 0 spiro atoms. The van der Waals surface area contributed by atoms with Gasteiger partial charge in [0.2, 0.25) is 0 Å². The van der Waals surface area contributed by atoms with Crippen LogP contribution >= 0.6 is 11.3 Å². The molecule has 2 N–H and O–H groups in total. The molecule has 0 unspecified atom stereocenters. The summed E-state index contributed by atoms with van der Waals surface area (Å²) in [5.41, 5.74) is 2.05. The summed E-state index contributed by atoms with van der Waals surface area (Å²) >= 11 is 1.63. The van der Waals surface area contributed by atoms with Crippen LogP contribution in [0.3, 0.4) is 0 Å². The Morgan fingerprint density at radius 3 is 3.00 bits per heavy atom. The number of ether oxygens (including phenoxy) is 1. The smallest absolute Gasteiger partial charge is 0.193 e. The van der Waals surface area contributed by atoms with Crippen LogP contribution in [0, 0.1) is 0 Å². The van der Waals surface area contributed by atoms with Crippen LogP contribution in [0.2, 0.25) is 0 Å². The normalized spacial score (nSPS) is 11.7. The van der Waals surface area contributed by atoms with Crippen molar-refractivity contribution in [3.8, 4) is 5.75 Å². The van der Waals surface area contributed by atoms with Gasteiger partial charge in [0.05, 0.1) is 25.9 Å². The van der Waals surface area contributed by atoms with Crippen LogP contribution in [-0.2, 0) is 13.1 Å². The second-order valence-electron chi connectivity index (χ2n) is 5.19. The molecule has 0 radical (unpaired) electrons. The molecule has 24 heavy (non-hydrogen) atoms. The molecule has 3 rings (SSSR count). The predicted molar refractivity (Wildman–Crippen MR) is 97.7 cm³/mol. The largest absolute Gasteiger partial charge is 0.496 e. The Balaban J connectivity index is 1.65. The lowest BCUT2D eigenvalue weighted by molar-refractivity contribution is 0.410. The van der Waals surface area contributed by atoms with Gasteiger partial charge in [-0.15, -0.1) is 11.3 Å². The average molecular weight is 343 g/mol. The van der Waals surface area contributed by atoms with Crippen molar-refractivity contribution in [2.75, 3.05) is 13.7 Å². The first kappa shape index (κ1) is 16.3. The van der Waals surface area contributed by atoms with Crippen LogP contribution in [-0.4, -0.2) is 29.0 Å². The zero-order valence-electron chi connectivity index (χ0n) is 13.8. The molecule has 3 aromatic rings. The number of imidazole rings is 1. The number of thiazole rings is 1. The van der Waals surface area contributed by atoms with E-state index in [1.807, 2.05) is 53.4 Å². The highest BCUT2D eigenvalue weighted by atomic mass is 32.1. The van der Waals surface area contributed by atoms with E-state index < -0.39 is 0 Å². The molecule has 0 saturated carbocycles. The van der Waals surface area contributed by atoms with E-state index in [-0.39, 0.29) is 0 Å².